The Hall–Kier alpha value is -8.44. The molecule has 0 spiro atoms. The number of phenolic OH excluding ortho intramolecular Hbond substituents is 11. The summed E-state index contributed by atoms with van der Waals surface area (Å²) in [4.78, 5) is 0. The zero-order valence-corrected chi connectivity index (χ0v) is 71.8. The van der Waals surface area contributed by atoms with Gasteiger partial charge in [0.05, 0.1) is 0 Å². The molecule has 12 rings (SSSR count). The van der Waals surface area contributed by atoms with Gasteiger partial charge >= 0.3 is 0 Å². The molecule has 0 heterocycles. The van der Waals surface area contributed by atoms with Gasteiger partial charge in [-0.3, -0.25) is 0 Å². The molecule has 11 nitrogen and oxygen atoms in total. The van der Waals surface area contributed by atoms with Gasteiger partial charge in [0.2, 0.25) is 0 Å². The van der Waals surface area contributed by atoms with E-state index in [0.29, 0.717) is 17.2 Å². The first-order chi connectivity index (χ1) is 51.6. The fraction of sp³-hybridized carbons (Fsp3) is 0.515. The van der Waals surface area contributed by atoms with Gasteiger partial charge in [-0.2, -0.15) is 0 Å². The third-order valence-corrected chi connectivity index (χ3v) is 22.3. The van der Waals surface area contributed by atoms with E-state index in [9.17, 15) is 5.11 Å². The molecule has 0 saturated heterocycles. The molecule has 0 amide bonds. The van der Waals surface area contributed by atoms with Gasteiger partial charge < -0.3 is 56.2 Å². The van der Waals surface area contributed by atoms with Crippen molar-refractivity contribution >= 4 is 0 Å². The van der Waals surface area contributed by atoms with Crippen LogP contribution >= 0.6 is 0 Å². The van der Waals surface area contributed by atoms with E-state index < -0.39 is 0 Å². The fourth-order valence-corrected chi connectivity index (χ4v) is 13.7. The van der Waals surface area contributed by atoms with Crippen molar-refractivity contribution < 1.29 is 56.2 Å². The highest BCUT2D eigenvalue weighted by Gasteiger charge is 2.23. The minimum absolute atomic E-state index is 0.0602. The summed E-state index contributed by atoms with van der Waals surface area (Å²) >= 11 is 0. The monoisotopic (exact) mass is 1510 g/mol. The van der Waals surface area contributed by atoms with Crippen molar-refractivity contribution in [2.75, 3.05) is 0 Å². The molecular formula is C99H148O11. The van der Waals surface area contributed by atoms with Gasteiger partial charge in [0.1, 0.15) is 40.2 Å². The summed E-state index contributed by atoms with van der Waals surface area (Å²) in [7, 11) is 0. The lowest BCUT2D eigenvalue weighted by Crippen LogP contribution is -2.16. The van der Waals surface area contributed by atoms with Gasteiger partial charge in [-0.1, -0.05) is 230 Å². The molecule has 0 bridgehead atoms. The minimum Gasteiger partial charge on any atom is -0.508 e. The summed E-state index contributed by atoms with van der Waals surface area (Å²) in [6.45, 7) is 48.1. The predicted octanol–water partition coefficient (Wildman–Crippen LogP) is 27.1. The van der Waals surface area contributed by atoms with E-state index in [4.69, 9.17) is 51.1 Å². The first-order valence-corrected chi connectivity index (χ1v) is 40.9. The van der Waals surface area contributed by atoms with Crippen molar-refractivity contribution in [3.05, 3.63) is 218 Å². The summed E-state index contributed by atoms with van der Waals surface area (Å²) in [6.07, 6.45) is 24.5. The molecular weight excluding hydrogens is 1370 g/mol. The van der Waals surface area contributed by atoms with Crippen LogP contribution in [0.4, 0.5) is 0 Å². The highest BCUT2D eigenvalue weighted by molar-refractivity contribution is 5.45. The van der Waals surface area contributed by atoms with Crippen molar-refractivity contribution in [2.45, 2.75) is 261 Å². The second-order valence-electron chi connectivity index (χ2n) is 33.8. The van der Waals surface area contributed by atoms with E-state index in [1.165, 1.54) is 190 Å². The van der Waals surface area contributed by atoms with Crippen LogP contribution in [0.25, 0.3) is 0 Å². The molecule has 0 radical (unpaired) electrons. The molecule has 4 aliphatic rings. The van der Waals surface area contributed by atoms with E-state index in [1.54, 1.807) is 68.4 Å². The minimum atomic E-state index is -0.0689. The third-order valence-electron chi connectivity index (χ3n) is 22.3. The summed E-state index contributed by atoms with van der Waals surface area (Å²) in [5.41, 5.74) is 13.2. The largest absolute Gasteiger partial charge is 0.508 e. The van der Waals surface area contributed by atoms with Gasteiger partial charge in [0.25, 0.3) is 0 Å². The Morgan fingerprint density at radius 3 is 0.727 bits per heavy atom. The molecule has 8 aromatic carbocycles. The zero-order chi connectivity index (χ0) is 82.9. The molecule has 110 heavy (non-hydrogen) atoms. The first-order valence-electron chi connectivity index (χ1n) is 40.9. The van der Waals surface area contributed by atoms with Crippen LogP contribution in [0.2, 0.25) is 0 Å². The number of aromatic hydroxyl groups is 11. The number of benzene rings is 8. The lowest BCUT2D eigenvalue weighted by atomic mass is 9.78. The lowest BCUT2D eigenvalue weighted by molar-refractivity contribution is 0.234. The SMILES string of the molecule is CC1CCC(C(C)C)CC1.CC1CCC(C(C)C)CC1.CC1CCC(C(C)C)CC1.CC1CCC(C(C)C)CC1.Cc1ccc(O)c(Cc2cc(C)cc(C)c2C)c1.Cc1ccc(O)c(O)c1.Cc1ccc(O)c(O)c1.Cc1ccc(O)cc1.Cc1ccc(O)cc1.Cc1ccc(O)cc1O.Cc1ccc(O)cc1O. The van der Waals surface area contributed by atoms with E-state index in [0.717, 1.165) is 105 Å². The Morgan fingerprint density at radius 2 is 0.482 bits per heavy atom. The van der Waals surface area contributed by atoms with E-state index >= 15 is 0 Å². The maximum Gasteiger partial charge on any atom is 0.157 e. The van der Waals surface area contributed by atoms with Crippen LogP contribution < -0.4 is 0 Å². The lowest BCUT2D eigenvalue weighted by Gasteiger charge is -2.28. The smallest absolute Gasteiger partial charge is 0.157 e. The average molecular weight is 1510 g/mol. The maximum absolute atomic E-state index is 9.93. The van der Waals surface area contributed by atoms with Crippen molar-refractivity contribution in [2.24, 2.45) is 71.0 Å². The number of rotatable bonds is 6. The Kier molecular flexibility index (Phi) is 46.1. The van der Waals surface area contributed by atoms with E-state index in [2.05, 4.69) is 129 Å². The highest BCUT2D eigenvalue weighted by atomic mass is 16.3. The van der Waals surface area contributed by atoms with Crippen molar-refractivity contribution in [3.63, 3.8) is 0 Å². The molecule has 610 valence electrons. The van der Waals surface area contributed by atoms with Crippen LogP contribution in [-0.2, 0) is 6.42 Å². The summed E-state index contributed by atoms with van der Waals surface area (Å²) in [6, 6.07) is 42.8. The van der Waals surface area contributed by atoms with E-state index in [-0.39, 0.29) is 46.0 Å². The quantitative estimate of drug-likeness (QED) is 0.0703. The second kappa shape index (κ2) is 51.9. The molecule has 8 aromatic rings. The zero-order valence-electron chi connectivity index (χ0n) is 71.8. The molecule has 4 fully saturated rings. The van der Waals surface area contributed by atoms with Crippen LogP contribution in [0.1, 0.15) is 253 Å². The van der Waals surface area contributed by atoms with Gasteiger partial charge in [-0.15, -0.1) is 0 Å². The van der Waals surface area contributed by atoms with Crippen molar-refractivity contribution in [3.8, 4) is 63.2 Å². The number of phenols is 11. The summed E-state index contributed by atoms with van der Waals surface area (Å²) in [5, 5.41) is 98.2. The fourth-order valence-electron chi connectivity index (χ4n) is 13.7. The van der Waals surface area contributed by atoms with Crippen LogP contribution in [0, 0.1) is 140 Å². The molecule has 11 heteroatoms. The normalized spacial score (nSPS) is 18.8. The van der Waals surface area contributed by atoms with E-state index in [1.807, 2.05) is 58.0 Å². The van der Waals surface area contributed by atoms with Gasteiger partial charge in [0, 0.05) is 18.6 Å². The molecule has 0 aromatic heterocycles. The Morgan fingerprint density at radius 1 is 0.227 bits per heavy atom. The Labute approximate surface area is 666 Å². The molecule has 0 aliphatic heterocycles. The third kappa shape index (κ3) is 41.6. The molecule has 4 saturated carbocycles. The molecule has 4 aliphatic carbocycles. The topological polar surface area (TPSA) is 223 Å². The molecule has 11 N–H and O–H groups in total. The van der Waals surface area contributed by atoms with Crippen LogP contribution in [-0.4, -0.2) is 56.2 Å². The summed E-state index contributed by atoms with van der Waals surface area (Å²) in [5.74, 6) is 13.1. The van der Waals surface area contributed by atoms with Crippen LogP contribution in [0.15, 0.2) is 152 Å². The van der Waals surface area contributed by atoms with Crippen molar-refractivity contribution in [1.29, 1.82) is 0 Å². The average Bonchev–Trinajstić information content (AvgIpc) is 0.827. The highest BCUT2D eigenvalue weighted by Crippen LogP contribution is 2.37. The Balaban J connectivity index is 0.000000414. The van der Waals surface area contributed by atoms with Gasteiger partial charge in [-0.25, -0.2) is 0 Å². The Bertz CT molecular complexity index is 3390. The number of hydrogen-bond donors (Lipinski definition) is 11. The van der Waals surface area contributed by atoms with Crippen LogP contribution in [0.5, 0.6) is 63.2 Å². The predicted molar refractivity (Wildman–Crippen MR) is 464 cm³/mol. The molecule has 0 atom stereocenters. The maximum atomic E-state index is 9.93. The summed E-state index contributed by atoms with van der Waals surface area (Å²) < 4.78 is 0. The number of aryl methyl sites for hydroxylation is 9. The standard InChI is InChI=1S/C17H20O.4C10H20.4C7H8O2.2C7H8O/c1-11-5-6-17(18)16(8-11)10-15-9-12(2)7-13(3)14(15)4;4*1-8(2)10-6-4-9(3)5-7-10;2*1-5-2-3-6(8)4-7(5)9;2*1-5-2-3-6(8)7(9)4-5;2*1-6-2-4-7(8)5-3-6/h5-9,18H,10H2,1-4H3;4*8-10H,4-7H2,1-3H3;4*2-4,8-9H,1H3;2*2-5,8H,1H3. The number of hydrogen-bond acceptors (Lipinski definition) is 11. The second-order valence-corrected chi connectivity index (χ2v) is 33.8. The van der Waals surface area contributed by atoms with Crippen LogP contribution in [0.3, 0.4) is 0 Å². The van der Waals surface area contributed by atoms with Gasteiger partial charge in [-0.05, 0) is 303 Å². The van der Waals surface area contributed by atoms with Gasteiger partial charge in [0.15, 0.2) is 23.0 Å². The molecule has 0 unspecified atom stereocenters. The van der Waals surface area contributed by atoms with Crippen molar-refractivity contribution in [1.82, 2.24) is 0 Å². The first kappa shape index (κ1) is 97.6.